The molecule has 23 heavy (non-hydrogen) atoms. The quantitative estimate of drug-likeness (QED) is 0.665. The highest BCUT2D eigenvalue weighted by Crippen LogP contribution is 2.27. The van der Waals surface area contributed by atoms with Crippen molar-refractivity contribution in [3.05, 3.63) is 28.2 Å². The lowest BCUT2D eigenvalue weighted by molar-refractivity contribution is -0.124. The van der Waals surface area contributed by atoms with Crippen LogP contribution in [-0.2, 0) is 9.59 Å². The molecule has 0 unspecified atom stereocenters. The van der Waals surface area contributed by atoms with E-state index in [2.05, 4.69) is 10.6 Å². The SMILES string of the molecule is CC(C)C(=O)NCCNC(=O)CCCOc1ccc(Cl)cc1Cl. The molecule has 0 heterocycles. The molecule has 0 saturated carbocycles. The van der Waals surface area contributed by atoms with Crippen LogP contribution in [0.15, 0.2) is 18.2 Å². The van der Waals surface area contributed by atoms with Crippen molar-refractivity contribution in [2.24, 2.45) is 5.92 Å². The topological polar surface area (TPSA) is 67.4 Å². The molecule has 0 aliphatic heterocycles. The van der Waals surface area contributed by atoms with E-state index in [1.54, 1.807) is 18.2 Å². The van der Waals surface area contributed by atoms with Gasteiger partial charge in [-0.15, -0.1) is 0 Å². The number of halogens is 2. The van der Waals surface area contributed by atoms with Gasteiger partial charge >= 0.3 is 0 Å². The molecule has 0 aliphatic carbocycles. The zero-order valence-corrected chi connectivity index (χ0v) is 14.8. The van der Waals surface area contributed by atoms with Crippen LogP contribution in [0.3, 0.4) is 0 Å². The summed E-state index contributed by atoms with van der Waals surface area (Å²) in [7, 11) is 0. The Labute approximate surface area is 146 Å². The lowest BCUT2D eigenvalue weighted by Gasteiger charge is -2.10. The first-order valence-electron chi connectivity index (χ1n) is 7.52. The maximum Gasteiger partial charge on any atom is 0.222 e. The number of rotatable bonds is 9. The predicted molar refractivity (Wildman–Crippen MR) is 92.0 cm³/mol. The standard InChI is InChI=1S/C16H22Cl2N2O3/c1-11(2)16(22)20-8-7-19-15(21)4-3-9-23-14-6-5-12(17)10-13(14)18/h5-6,10-11H,3-4,7-9H2,1-2H3,(H,19,21)(H,20,22). The summed E-state index contributed by atoms with van der Waals surface area (Å²) in [6.45, 7) is 4.88. The van der Waals surface area contributed by atoms with Gasteiger partial charge in [-0.3, -0.25) is 9.59 Å². The first kappa shape index (κ1) is 19.6. The van der Waals surface area contributed by atoms with E-state index in [-0.39, 0.29) is 17.7 Å². The molecule has 0 bridgehead atoms. The van der Waals surface area contributed by atoms with Gasteiger partial charge in [0.15, 0.2) is 0 Å². The first-order valence-corrected chi connectivity index (χ1v) is 8.28. The molecule has 5 nitrogen and oxygen atoms in total. The Hall–Kier alpha value is -1.46. The Bertz CT molecular complexity index is 536. The molecule has 0 radical (unpaired) electrons. The molecule has 0 aromatic heterocycles. The van der Waals surface area contributed by atoms with E-state index in [9.17, 15) is 9.59 Å². The van der Waals surface area contributed by atoms with Gasteiger partial charge in [0.2, 0.25) is 11.8 Å². The Morgan fingerprint density at radius 3 is 2.52 bits per heavy atom. The van der Waals surface area contributed by atoms with Crippen molar-refractivity contribution < 1.29 is 14.3 Å². The van der Waals surface area contributed by atoms with E-state index < -0.39 is 0 Å². The number of benzene rings is 1. The molecule has 0 fully saturated rings. The van der Waals surface area contributed by atoms with Crippen molar-refractivity contribution in [2.45, 2.75) is 26.7 Å². The highest BCUT2D eigenvalue weighted by Gasteiger charge is 2.06. The second-order valence-corrected chi connectivity index (χ2v) is 6.17. The third-order valence-electron chi connectivity index (χ3n) is 2.97. The van der Waals surface area contributed by atoms with Crippen LogP contribution in [0.1, 0.15) is 26.7 Å². The lowest BCUT2D eigenvalue weighted by atomic mass is 10.2. The molecule has 2 amide bonds. The molecule has 1 aromatic carbocycles. The summed E-state index contributed by atoms with van der Waals surface area (Å²) >= 11 is 11.8. The monoisotopic (exact) mass is 360 g/mol. The van der Waals surface area contributed by atoms with Gasteiger partial charge in [0.25, 0.3) is 0 Å². The van der Waals surface area contributed by atoms with Gasteiger partial charge in [0, 0.05) is 30.5 Å². The minimum absolute atomic E-state index is 0.0208. The van der Waals surface area contributed by atoms with E-state index in [0.717, 1.165) is 0 Å². The van der Waals surface area contributed by atoms with Crippen LogP contribution >= 0.6 is 23.2 Å². The second kappa shape index (κ2) is 10.3. The molecule has 128 valence electrons. The van der Waals surface area contributed by atoms with Crippen LogP contribution in [0.2, 0.25) is 10.0 Å². The van der Waals surface area contributed by atoms with Gasteiger partial charge in [-0.05, 0) is 24.6 Å². The zero-order valence-electron chi connectivity index (χ0n) is 13.3. The molecule has 0 aliphatic rings. The number of amides is 2. The molecular formula is C16H22Cl2N2O3. The van der Waals surface area contributed by atoms with Crippen molar-refractivity contribution in [3.63, 3.8) is 0 Å². The Morgan fingerprint density at radius 2 is 1.87 bits per heavy atom. The largest absolute Gasteiger partial charge is 0.492 e. The van der Waals surface area contributed by atoms with Gasteiger partial charge in [0.1, 0.15) is 5.75 Å². The van der Waals surface area contributed by atoms with E-state index >= 15 is 0 Å². The van der Waals surface area contributed by atoms with Crippen molar-refractivity contribution in [1.29, 1.82) is 0 Å². The van der Waals surface area contributed by atoms with Crippen LogP contribution in [0, 0.1) is 5.92 Å². The Balaban J connectivity index is 2.11. The number of carbonyl (C=O) groups is 2. The van der Waals surface area contributed by atoms with E-state index in [0.29, 0.717) is 48.3 Å². The molecular weight excluding hydrogens is 339 g/mol. The fourth-order valence-corrected chi connectivity index (χ4v) is 2.15. The van der Waals surface area contributed by atoms with Crippen molar-refractivity contribution in [2.75, 3.05) is 19.7 Å². The molecule has 0 atom stereocenters. The van der Waals surface area contributed by atoms with Crippen LogP contribution in [0.25, 0.3) is 0 Å². The summed E-state index contributed by atoms with van der Waals surface area (Å²) in [6, 6.07) is 5.00. The first-order chi connectivity index (χ1) is 10.9. The summed E-state index contributed by atoms with van der Waals surface area (Å²) < 4.78 is 5.50. The minimum Gasteiger partial charge on any atom is -0.492 e. The Kier molecular flexibility index (Phi) is 8.81. The fraction of sp³-hybridized carbons (Fsp3) is 0.500. The summed E-state index contributed by atoms with van der Waals surface area (Å²) in [5.41, 5.74) is 0. The average molecular weight is 361 g/mol. The maximum absolute atomic E-state index is 11.6. The smallest absolute Gasteiger partial charge is 0.222 e. The summed E-state index contributed by atoms with van der Waals surface area (Å²) in [5, 5.41) is 6.47. The van der Waals surface area contributed by atoms with E-state index in [4.69, 9.17) is 27.9 Å². The third kappa shape index (κ3) is 8.09. The van der Waals surface area contributed by atoms with Crippen LogP contribution < -0.4 is 15.4 Å². The molecule has 0 saturated heterocycles. The van der Waals surface area contributed by atoms with Gasteiger partial charge in [-0.2, -0.15) is 0 Å². The summed E-state index contributed by atoms with van der Waals surface area (Å²) in [4.78, 5) is 22.9. The summed E-state index contributed by atoms with van der Waals surface area (Å²) in [6.07, 6.45) is 0.923. The van der Waals surface area contributed by atoms with E-state index in [1.165, 1.54) is 0 Å². The Morgan fingerprint density at radius 1 is 1.17 bits per heavy atom. The van der Waals surface area contributed by atoms with E-state index in [1.807, 2.05) is 13.8 Å². The highest BCUT2D eigenvalue weighted by atomic mass is 35.5. The molecule has 2 N–H and O–H groups in total. The second-order valence-electron chi connectivity index (χ2n) is 5.32. The number of hydrogen-bond acceptors (Lipinski definition) is 3. The summed E-state index contributed by atoms with van der Waals surface area (Å²) in [5.74, 6) is 0.400. The normalized spacial score (nSPS) is 10.5. The van der Waals surface area contributed by atoms with Gasteiger partial charge < -0.3 is 15.4 Å². The molecule has 1 aromatic rings. The van der Waals surface area contributed by atoms with Gasteiger partial charge in [0.05, 0.1) is 11.6 Å². The van der Waals surface area contributed by atoms with Gasteiger partial charge in [-0.1, -0.05) is 37.0 Å². The maximum atomic E-state index is 11.6. The van der Waals surface area contributed by atoms with Crippen molar-refractivity contribution in [1.82, 2.24) is 10.6 Å². The highest BCUT2D eigenvalue weighted by molar-refractivity contribution is 6.35. The number of ether oxygens (including phenoxy) is 1. The number of hydrogen-bond donors (Lipinski definition) is 2. The van der Waals surface area contributed by atoms with Crippen LogP contribution in [0.4, 0.5) is 0 Å². The molecule has 7 heteroatoms. The van der Waals surface area contributed by atoms with Crippen molar-refractivity contribution >= 4 is 35.0 Å². The number of nitrogens with one attached hydrogen (secondary N) is 2. The van der Waals surface area contributed by atoms with Crippen molar-refractivity contribution in [3.8, 4) is 5.75 Å². The molecule has 1 rings (SSSR count). The van der Waals surface area contributed by atoms with Gasteiger partial charge in [-0.25, -0.2) is 0 Å². The van der Waals surface area contributed by atoms with Crippen LogP contribution in [-0.4, -0.2) is 31.5 Å². The average Bonchev–Trinajstić information content (AvgIpc) is 2.49. The molecule has 0 spiro atoms. The van der Waals surface area contributed by atoms with Crippen LogP contribution in [0.5, 0.6) is 5.75 Å². The fourth-order valence-electron chi connectivity index (χ4n) is 1.69. The number of carbonyl (C=O) groups excluding carboxylic acids is 2. The predicted octanol–water partition coefficient (Wildman–Crippen LogP) is 3.04. The lowest BCUT2D eigenvalue weighted by Crippen LogP contribution is -2.36. The third-order valence-corrected chi connectivity index (χ3v) is 3.50. The zero-order chi connectivity index (χ0) is 17.2. The minimum atomic E-state index is -0.0744.